The van der Waals surface area contributed by atoms with E-state index in [0.717, 1.165) is 48.8 Å². The van der Waals surface area contributed by atoms with E-state index in [-0.39, 0.29) is 17.2 Å². The molecule has 2 aromatic carbocycles. The van der Waals surface area contributed by atoms with E-state index in [1.807, 2.05) is 32.9 Å². The molecule has 2 aromatic rings. The van der Waals surface area contributed by atoms with Gasteiger partial charge in [-0.1, -0.05) is 48.6 Å². The number of carbonyl (C=O) groups excluding carboxylic acids is 2. The van der Waals surface area contributed by atoms with E-state index in [1.165, 1.54) is 18.2 Å². The summed E-state index contributed by atoms with van der Waals surface area (Å²) in [6.07, 6.45) is 4.52. The molecule has 7 nitrogen and oxygen atoms in total. The van der Waals surface area contributed by atoms with Gasteiger partial charge in [0.2, 0.25) is 0 Å². The second kappa shape index (κ2) is 10.7. The molecule has 0 saturated heterocycles. The van der Waals surface area contributed by atoms with E-state index in [1.54, 1.807) is 0 Å². The topological polar surface area (TPSA) is 108 Å². The number of hydrogen-bond donors (Lipinski definition) is 4. The monoisotopic (exact) mass is 471 g/mol. The summed E-state index contributed by atoms with van der Waals surface area (Å²) in [5.41, 5.74) is 3.97. The highest BCUT2D eigenvalue weighted by molar-refractivity contribution is 6.31. The maximum absolute atomic E-state index is 13.0. The van der Waals surface area contributed by atoms with Crippen molar-refractivity contribution in [3.8, 4) is 0 Å². The number of nitrogens with one attached hydrogen (secondary N) is 3. The molecule has 0 unspecified atom stereocenters. The third-order valence-corrected chi connectivity index (χ3v) is 6.30. The molecule has 4 N–H and O–H groups in total. The fourth-order valence-electron chi connectivity index (χ4n) is 4.53. The number of carbonyl (C=O) groups is 3. The van der Waals surface area contributed by atoms with Gasteiger partial charge in [-0.3, -0.25) is 4.79 Å². The first kappa shape index (κ1) is 24.6. The number of aryl methyl sites for hydroxylation is 3. The van der Waals surface area contributed by atoms with Gasteiger partial charge in [0.25, 0.3) is 5.91 Å². The van der Waals surface area contributed by atoms with Crippen LogP contribution in [0.1, 0.15) is 59.2 Å². The molecular formula is C25H30ClN3O4. The van der Waals surface area contributed by atoms with Crippen LogP contribution < -0.4 is 16.0 Å². The van der Waals surface area contributed by atoms with Crippen molar-refractivity contribution in [1.29, 1.82) is 0 Å². The maximum Gasteiger partial charge on any atom is 0.326 e. The molecule has 3 amide bonds. The van der Waals surface area contributed by atoms with Gasteiger partial charge < -0.3 is 21.1 Å². The van der Waals surface area contributed by atoms with Gasteiger partial charge >= 0.3 is 12.0 Å². The van der Waals surface area contributed by atoms with E-state index < -0.39 is 23.9 Å². The van der Waals surface area contributed by atoms with Crippen molar-refractivity contribution in [2.24, 2.45) is 5.92 Å². The van der Waals surface area contributed by atoms with Crippen LogP contribution in [0.15, 0.2) is 30.3 Å². The number of halogens is 1. The smallest absolute Gasteiger partial charge is 0.326 e. The highest BCUT2D eigenvalue weighted by atomic mass is 35.5. The zero-order chi connectivity index (χ0) is 24.1. The van der Waals surface area contributed by atoms with Crippen LogP contribution in [0, 0.1) is 26.7 Å². The molecule has 33 heavy (non-hydrogen) atoms. The molecule has 8 heteroatoms. The van der Waals surface area contributed by atoms with E-state index in [2.05, 4.69) is 16.0 Å². The second-order valence-corrected chi connectivity index (χ2v) is 9.17. The van der Waals surface area contributed by atoms with Crippen LogP contribution in [0.3, 0.4) is 0 Å². The zero-order valence-corrected chi connectivity index (χ0v) is 19.9. The minimum atomic E-state index is -1.05. The lowest BCUT2D eigenvalue weighted by Gasteiger charge is -2.28. The summed E-state index contributed by atoms with van der Waals surface area (Å²) in [5.74, 6) is -1.73. The molecule has 0 aromatic heterocycles. The Labute approximate surface area is 198 Å². The van der Waals surface area contributed by atoms with E-state index in [9.17, 15) is 19.5 Å². The molecule has 0 heterocycles. The number of carboxylic acids is 1. The first-order valence-corrected chi connectivity index (χ1v) is 11.5. The zero-order valence-electron chi connectivity index (χ0n) is 19.1. The minimum Gasteiger partial charge on any atom is -0.480 e. The van der Waals surface area contributed by atoms with Crippen molar-refractivity contribution in [1.82, 2.24) is 5.32 Å². The summed E-state index contributed by atoms with van der Waals surface area (Å²) >= 11 is 6.11. The Balaban J connectivity index is 1.79. The number of amides is 3. The highest BCUT2D eigenvalue weighted by Gasteiger charge is 2.31. The number of urea groups is 1. The highest BCUT2D eigenvalue weighted by Crippen LogP contribution is 2.28. The summed E-state index contributed by atoms with van der Waals surface area (Å²) in [7, 11) is 0. The number of anilines is 2. The summed E-state index contributed by atoms with van der Waals surface area (Å²) in [5, 5.41) is 18.2. The molecule has 3 rings (SSSR count). The Kier molecular flexibility index (Phi) is 7.97. The van der Waals surface area contributed by atoms with Crippen molar-refractivity contribution in [2.75, 3.05) is 10.6 Å². The molecule has 0 radical (unpaired) electrons. The third kappa shape index (κ3) is 6.26. The Bertz CT molecular complexity index is 1040. The number of rotatable bonds is 6. The fraction of sp³-hybridized carbons (Fsp3) is 0.400. The Morgan fingerprint density at radius 2 is 1.61 bits per heavy atom. The van der Waals surface area contributed by atoms with Crippen LogP contribution in [0.2, 0.25) is 5.02 Å². The van der Waals surface area contributed by atoms with Crippen LogP contribution in [0.5, 0.6) is 0 Å². The average molecular weight is 472 g/mol. The lowest BCUT2D eigenvalue weighted by atomic mass is 9.84. The summed E-state index contributed by atoms with van der Waals surface area (Å²) in [4.78, 5) is 37.6. The van der Waals surface area contributed by atoms with Gasteiger partial charge in [-0.15, -0.1) is 0 Å². The molecule has 0 spiro atoms. The number of carboxylic acid groups (broad SMARTS) is 1. The fourth-order valence-corrected chi connectivity index (χ4v) is 4.70. The first-order valence-electron chi connectivity index (χ1n) is 11.1. The number of benzene rings is 2. The van der Waals surface area contributed by atoms with Crippen molar-refractivity contribution < 1.29 is 19.5 Å². The molecule has 1 saturated carbocycles. The third-order valence-electron chi connectivity index (χ3n) is 6.06. The summed E-state index contributed by atoms with van der Waals surface area (Å²) in [6.45, 7) is 5.80. The van der Waals surface area contributed by atoms with Gasteiger partial charge in [0.05, 0.1) is 11.3 Å². The first-order chi connectivity index (χ1) is 15.7. The molecule has 1 aliphatic rings. The quantitative estimate of drug-likeness (QED) is 0.435. The van der Waals surface area contributed by atoms with Crippen LogP contribution in [0.25, 0.3) is 0 Å². The molecule has 0 aliphatic heterocycles. The van der Waals surface area contributed by atoms with Crippen molar-refractivity contribution in [3.05, 3.63) is 57.6 Å². The van der Waals surface area contributed by atoms with Crippen LogP contribution in [0.4, 0.5) is 16.2 Å². The van der Waals surface area contributed by atoms with Crippen LogP contribution in [-0.2, 0) is 4.79 Å². The van der Waals surface area contributed by atoms with E-state index in [4.69, 9.17) is 11.6 Å². The molecular weight excluding hydrogens is 442 g/mol. The normalized spacial score (nSPS) is 14.9. The SMILES string of the molecule is Cc1cc(C)c(NC(=O)Nc2cc(Cl)ccc2C(=O)N[C@H](C(=O)O)C2CCCCC2)c(C)c1. The van der Waals surface area contributed by atoms with Crippen molar-refractivity contribution in [3.63, 3.8) is 0 Å². The molecule has 176 valence electrons. The second-order valence-electron chi connectivity index (χ2n) is 8.73. The lowest BCUT2D eigenvalue weighted by Crippen LogP contribution is -2.46. The van der Waals surface area contributed by atoms with Gasteiger partial charge in [0.1, 0.15) is 6.04 Å². The Morgan fingerprint density at radius 3 is 2.21 bits per heavy atom. The predicted molar refractivity (Wildman–Crippen MR) is 130 cm³/mol. The van der Waals surface area contributed by atoms with E-state index >= 15 is 0 Å². The van der Waals surface area contributed by atoms with Gasteiger partial charge in [0, 0.05) is 10.7 Å². The molecule has 1 aliphatic carbocycles. The Hall–Kier alpha value is -3.06. The van der Waals surface area contributed by atoms with Gasteiger partial charge in [-0.25, -0.2) is 9.59 Å². The van der Waals surface area contributed by atoms with Gasteiger partial charge in [-0.2, -0.15) is 0 Å². The summed E-state index contributed by atoms with van der Waals surface area (Å²) in [6, 6.07) is 6.92. The standard InChI is InChI=1S/C25H30ClN3O4/c1-14-11-15(2)21(16(3)12-14)29-25(33)27-20-13-18(26)9-10-19(20)23(30)28-22(24(31)32)17-7-5-4-6-8-17/h9-13,17,22H,4-8H2,1-3H3,(H,28,30)(H,31,32)(H2,27,29,33)/t22-/m0/s1. The van der Waals surface area contributed by atoms with Crippen LogP contribution >= 0.6 is 11.6 Å². The van der Waals surface area contributed by atoms with Crippen molar-refractivity contribution in [2.45, 2.75) is 58.9 Å². The van der Waals surface area contributed by atoms with Gasteiger partial charge in [-0.05, 0) is 68.9 Å². The average Bonchev–Trinajstić information content (AvgIpc) is 2.75. The van der Waals surface area contributed by atoms with Gasteiger partial charge in [0.15, 0.2) is 0 Å². The number of hydrogen-bond acceptors (Lipinski definition) is 3. The molecule has 0 bridgehead atoms. The van der Waals surface area contributed by atoms with Crippen LogP contribution in [-0.4, -0.2) is 29.1 Å². The predicted octanol–water partition coefficient (Wildman–Crippen LogP) is 5.67. The number of aliphatic carboxylic acids is 1. The maximum atomic E-state index is 13.0. The minimum absolute atomic E-state index is 0.111. The Morgan fingerprint density at radius 1 is 0.970 bits per heavy atom. The lowest BCUT2D eigenvalue weighted by molar-refractivity contribution is -0.141. The van der Waals surface area contributed by atoms with E-state index in [0.29, 0.717) is 10.7 Å². The molecule has 1 atom stereocenters. The molecule has 1 fully saturated rings. The van der Waals surface area contributed by atoms with Crippen molar-refractivity contribution >= 4 is 40.9 Å². The largest absolute Gasteiger partial charge is 0.480 e. The summed E-state index contributed by atoms with van der Waals surface area (Å²) < 4.78 is 0.